The first-order valence-electron chi connectivity index (χ1n) is 4.53. The summed E-state index contributed by atoms with van der Waals surface area (Å²) in [6, 6.07) is 3.83. The molecular formula is C11H9N3O. The lowest BCUT2D eigenvalue weighted by molar-refractivity contribution is 0.112. The van der Waals surface area contributed by atoms with E-state index in [0.29, 0.717) is 17.8 Å². The highest BCUT2D eigenvalue weighted by Gasteiger charge is 1.98. The summed E-state index contributed by atoms with van der Waals surface area (Å²) in [5, 5.41) is 0. The fraction of sp³-hybridized carbons (Fsp3) is 0.0909. The molecule has 0 aliphatic rings. The number of pyridine rings is 1. The van der Waals surface area contributed by atoms with Gasteiger partial charge in [-0.25, -0.2) is 9.97 Å². The first-order chi connectivity index (χ1) is 7.38. The van der Waals surface area contributed by atoms with Gasteiger partial charge >= 0.3 is 0 Å². The number of nitrogens with zero attached hydrogens (tertiary/aromatic N) is 3. The van der Waals surface area contributed by atoms with Crippen molar-refractivity contribution in [1.29, 1.82) is 0 Å². The molecule has 2 heterocycles. The Morgan fingerprint density at radius 1 is 1.13 bits per heavy atom. The topological polar surface area (TPSA) is 55.7 Å². The third kappa shape index (κ3) is 2.43. The molecule has 4 nitrogen and oxygen atoms in total. The van der Waals surface area contributed by atoms with Gasteiger partial charge in [-0.3, -0.25) is 9.78 Å². The van der Waals surface area contributed by atoms with E-state index in [1.54, 1.807) is 12.4 Å². The van der Waals surface area contributed by atoms with Gasteiger partial charge in [-0.05, 0) is 17.7 Å². The van der Waals surface area contributed by atoms with E-state index in [4.69, 9.17) is 0 Å². The number of aldehydes is 1. The maximum absolute atomic E-state index is 10.4. The van der Waals surface area contributed by atoms with Crippen LogP contribution < -0.4 is 0 Å². The minimum absolute atomic E-state index is 0.494. The van der Waals surface area contributed by atoms with E-state index in [2.05, 4.69) is 15.0 Å². The largest absolute Gasteiger partial charge is 0.298 e. The van der Waals surface area contributed by atoms with Crippen LogP contribution in [0.5, 0.6) is 0 Å². The monoisotopic (exact) mass is 199 g/mol. The lowest BCUT2D eigenvalue weighted by atomic mass is 10.2. The first-order valence-corrected chi connectivity index (χ1v) is 4.53. The fourth-order valence-corrected chi connectivity index (χ4v) is 1.20. The molecular weight excluding hydrogens is 190 g/mol. The van der Waals surface area contributed by atoms with Crippen LogP contribution in [-0.2, 0) is 6.42 Å². The van der Waals surface area contributed by atoms with Crippen LogP contribution in [-0.4, -0.2) is 21.2 Å². The van der Waals surface area contributed by atoms with Crippen molar-refractivity contribution in [2.24, 2.45) is 0 Å². The van der Waals surface area contributed by atoms with E-state index in [1.165, 1.54) is 12.4 Å². The Kier molecular flexibility index (Phi) is 2.78. The summed E-state index contributed by atoms with van der Waals surface area (Å²) in [4.78, 5) is 22.5. The Labute approximate surface area is 87.0 Å². The summed E-state index contributed by atoms with van der Waals surface area (Å²) >= 11 is 0. The molecule has 2 aromatic rings. The third-order valence-electron chi connectivity index (χ3n) is 1.97. The molecule has 0 aliphatic heterocycles. The molecule has 4 heteroatoms. The van der Waals surface area contributed by atoms with E-state index >= 15 is 0 Å². The van der Waals surface area contributed by atoms with Gasteiger partial charge in [0, 0.05) is 31.2 Å². The second-order valence-electron chi connectivity index (χ2n) is 3.08. The predicted octanol–water partition coefficient (Wildman–Crippen LogP) is 1.27. The minimum atomic E-state index is 0.494. The van der Waals surface area contributed by atoms with Crippen molar-refractivity contribution in [3.05, 3.63) is 53.9 Å². The predicted molar refractivity (Wildman–Crippen MR) is 54.5 cm³/mol. The van der Waals surface area contributed by atoms with Crippen LogP contribution in [0.3, 0.4) is 0 Å². The van der Waals surface area contributed by atoms with E-state index in [-0.39, 0.29) is 0 Å². The number of carbonyl (C=O) groups is 1. The Balaban J connectivity index is 2.15. The number of hydrogen-bond donors (Lipinski definition) is 0. The number of hydrogen-bond acceptors (Lipinski definition) is 4. The summed E-state index contributed by atoms with van der Waals surface area (Å²) in [6.45, 7) is 0. The Morgan fingerprint density at radius 2 is 1.80 bits per heavy atom. The van der Waals surface area contributed by atoms with Gasteiger partial charge < -0.3 is 0 Å². The Hall–Kier alpha value is -2.10. The van der Waals surface area contributed by atoms with Crippen LogP contribution in [0, 0.1) is 0 Å². The average molecular weight is 199 g/mol. The molecule has 0 amide bonds. The van der Waals surface area contributed by atoms with Crippen molar-refractivity contribution < 1.29 is 4.79 Å². The molecule has 0 atom stereocenters. The molecule has 15 heavy (non-hydrogen) atoms. The minimum Gasteiger partial charge on any atom is -0.298 e. The van der Waals surface area contributed by atoms with Crippen molar-refractivity contribution in [3.8, 4) is 0 Å². The smallest absolute Gasteiger partial charge is 0.153 e. The highest BCUT2D eigenvalue weighted by molar-refractivity contribution is 5.73. The molecule has 0 saturated heterocycles. The maximum atomic E-state index is 10.4. The quantitative estimate of drug-likeness (QED) is 0.698. The lowest BCUT2D eigenvalue weighted by Gasteiger charge is -1.99. The number of aromatic nitrogens is 3. The molecule has 0 fully saturated rings. The molecule has 2 rings (SSSR count). The van der Waals surface area contributed by atoms with Crippen molar-refractivity contribution in [2.75, 3.05) is 0 Å². The highest BCUT2D eigenvalue weighted by atomic mass is 16.1. The van der Waals surface area contributed by atoms with E-state index in [0.717, 1.165) is 11.8 Å². The van der Waals surface area contributed by atoms with Crippen LogP contribution in [0.2, 0.25) is 0 Å². The average Bonchev–Trinajstić information content (AvgIpc) is 2.31. The van der Waals surface area contributed by atoms with Gasteiger partial charge in [0.05, 0.1) is 5.56 Å². The molecule has 0 radical (unpaired) electrons. The van der Waals surface area contributed by atoms with Crippen LogP contribution in [0.4, 0.5) is 0 Å². The number of rotatable bonds is 3. The van der Waals surface area contributed by atoms with Crippen LogP contribution >= 0.6 is 0 Å². The summed E-state index contributed by atoms with van der Waals surface area (Å²) < 4.78 is 0. The van der Waals surface area contributed by atoms with E-state index in [1.807, 2.05) is 12.1 Å². The molecule has 74 valence electrons. The van der Waals surface area contributed by atoms with Gasteiger partial charge in [-0.15, -0.1) is 0 Å². The number of carbonyl (C=O) groups excluding carboxylic acids is 1. The zero-order chi connectivity index (χ0) is 10.5. The van der Waals surface area contributed by atoms with Gasteiger partial charge in [0.15, 0.2) is 6.29 Å². The van der Waals surface area contributed by atoms with Crippen molar-refractivity contribution in [1.82, 2.24) is 15.0 Å². The second kappa shape index (κ2) is 4.41. The molecule has 2 aromatic heterocycles. The van der Waals surface area contributed by atoms with Gasteiger partial charge in [-0.2, -0.15) is 0 Å². The van der Waals surface area contributed by atoms with Gasteiger partial charge in [-0.1, -0.05) is 0 Å². The lowest BCUT2D eigenvalue weighted by Crippen LogP contribution is -1.97. The summed E-state index contributed by atoms with van der Waals surface area (Å²) in [5.41, 5.74) is 1.59. The van der Waals surface area contributed by atoms with Gasteiger partial charge in [0.1, 0.15) is 5.82 Å². The molecule has 0 aromatic carbocycles. The van der Waals surface area contributed by atoms with Crippen molar-refractivity contribution in [3.63, 3.8) is 0 Å². The Bertz CT molecular complexity index is 439. The molecule has 0 N–H and O–H groups in total. The summed E-state index contributed by atoms with van der Waals surface area (Å²) in [6.07, 6.45) is 7.90. The second-order valence-corrected chi connectivity index (χ2v) is 3.08. The van der Waals surface area contributed by atoms with E-state index < -0.39 is 0 Å². The SMILES string of the molecule is O=Cc1cnc(Cc2ccncc2)nc1. The Morgan fingerprint density at radius 3 is 2.40 bits per heavy atom. The maximum Gasteiger partial charge on any atom is 0.153 e. The summed E-state index contributed by atoms with van der Waals surface area (Å²) in [7, 11) is 0. The molecule has 0 saturated carbocycles. The van der Waals surface area contributed by atoms with Gasteiger partial charge in [0.25, 0.3) is 0 Å². The molecule has 0 bridgehead atoms. The zero-order valence-electron chi connectivity index (χ0n) is 8.00. The summed E-state index contributed by atoms with van der Waals surface area (Å²) in [5.74, 6) is 0.701. The molecule has 0 spiro atoms. The highest BCUT2D eigenvalue weighted by Crippen LogP contribution is 2.03. The van der Waals surface area contributed by atoms with Gasteiger partial charge in [0.2, 0.25) is 0 Å². The van der Waals surface area contributed by atoms with Crippen LogP contribution in [0.15, 0.2) is 36.9 Å². The standard InChI is InChI=1S/C11H9N3O/c15-8-10-6-13-11(14-7-10)5-9-1-3-12-4-2-9/h1-4,6-8H,5H2. The fourth-order valence-electron chi connectivity index (χ4n) is 1.20. The molecule has 0 unspecified atom stereocenters. The van der Waals surface area contributed by atoms with E-state index in [9.17, 15) is 4.79 Å². The zero-order valence-corrected chi connectivity index (χ0v) is 8.00. The van der Waals surface area contributed by atoms with Crippen LogP contribution in [0.1, 0.15) is 21.7 Å². The van der Waals surface area contributed by atoms with Crippen LogP contribution in [0.25, 0.3) is 0 Å². The normalized spacial score (nSPS) is 9.87. The first kappa shape index (κ1) is 9.45. The third-order valence-corrected chi connectivity index (χ3v) is 1.97. The van der Waals surface area contributed by atoms with Crippen molar-refractivity contribution >= 4 is 6.29 Å². The molecule has 0 aliphatic carbocycles. The van der Waals surface area contributed by atoms with Crippen molar-refractivity contribution in [2.45, 2.75) is 6.42 Å².